The minimum Gasteiger partial charge on any atom is -0.378 e. The number of morpholine rings is 1. The Kier molecular flexibility index (Phi) is 4.83. The summed E-state index contributed by atoms with van der Waals surface area (Å²) in [4.78, 5) is 15.1. The van der Waals surface area contributed by atoms with Gasteiger partial charge in [0.2, 0.25) is 5.95 Å². The Balaban J connectivity index is 1.62. The molecule has 2 bridgehead atoms. The number of fused-ring (bicyclic) bond motifs is 3. The van der Waals surface area contributed by atoms with E-state index in [0.29, 0.717) is 30.6 Å². The van der Waals surface area contributed by atoms with E-state index in [4.69, 9.17) is 4.74 Å². The van der Waals surface area contributed by atoms with Gasteiger partial charge in [0.25, 0.3) is 5.91 Å². The zero-order valence-corrected chi connectivity index (χ0v) is 15.3. The van der Waals surface area contributed by atoms with E-state index < -0.39 is 24.6 Å². The van der Waals surface area contributed by atoms with Gasteiger partial charge in [0, 0.05) is 23.5 Å². The number of hydrogen-bond acceptors (Lipinski definition) is 3. The minimum atomic E-state index is -4.60. The van der Waals surface area contributed by atoms with Gasteiger partial charge in [-0.1, -0.05) is 18.2 Å². The van der Waals surface area contributed by atoms with Crippen molar-refractivity contribution >= 4 is 16.8 Å². The van der Waals surface area contributed by atoms with Gasteiger partial charge >= 0.3 is 6.18 Å². The maximum absolute atomic E-state index is 14.9. The van der Waals surface area contributed by atoms with Crippen molar-refractivity contribution in [2.24, 2.45) is 0 Å². The highest BCUT2D eigenvalue weighted by molar-refractivity contribution is 6.07. The molecule has 4 rings (SSSR count). The minimum absolute atomic E-state index is 0.0520. The third kappa shape index (κ3) is 3.48. The van der Waals surface area contributed by atoms with E-state index in [1.165, 1.54) is 18.2 Å². The molecule has 1 N–H and O–H groups in total. The molecule has 2 fully saturated rings. The Morgan fingerprint density at radius 1 is 1.21 bits per heavy atom. The average Bonchev–Trinajstić information content (AvgIpc) is 2.87. The van der Waals surface area contributed by atoms with Crippen molar-refractivity contribution in [1.29, 1.82) is 0 Å². The van der Waals surface area contributed by atoms with Crippen LogP contribution >= 0.6 is 0 Å². The van der Waals surface area contributed by atoms with E-state index in [-0.39, 0.29) is 34.6 Å². The summed E-state index contributed by atoms with van der Waals surface area (Å²) in [6.45, 7) is -0.348. The van der Waals surface area contributed by atoms with E-state index in [0.717, 1.165) is 0 Å². The van der Waals surface area contributed by atoms with Crippen LogP contribution in [0.2, 0.25) is 0 Å². The smallest absolute Gasteiger partial charge is 0.378 e. The molecule has 2 aliphatic rings. The molecule has 9 heteroatoms. The Morgan fingerprint density at radius 3 is 2.50 bits per heavy atom. The number of ether oxygens (including phenoxy) is 1. The number of piperidine rings is 1. The van der Waals surface area contributed by atoms with Gasteiger partial charge in [-0.05, 0) is 26.0 Å². The molecule has 3 heterocycles. The van der Waals surface area contributed by atoms with Gasteiger partial charge in [-0.3, -0.25) is 9.69 Å². The van der Waals surface area contributed by atoms with Crippen molar-refractivity contribution in [1.82, 2.24) is 14.8 Å². The largest absolute Gasteiger partial charge is 0.406 e. The van der Waals surface area contributed by atoms with E-state index >= 15 is 0 Å². The summed E-state index contributed by atoms with van der Waals surface area (Å²) in [5.74, 6) is -1.84. The summed E-state index contributed by atoms with van der Waals surface area (Å²) in [5.41, 5.74) is -0.281. The van der Waals surface area contributed by atoms with Crippen LogP contribution < -0.4 is 5.32 Å². The Labute approximate surface area is 159 Å². The molecule has 152 valence electrons. The van der Waals surface area contributed by atoms with Crippen LogP contribution in [-0.2, 0) is 11.3 Å². The SMILES string of the molecule is CN1C2COCC1CC(NC(=O)c1c(F)n(CC(F)(F)F)c3ccccc13)C2. The number of nitrogens with zero attached hydrogens (tertiary/aromatic N) is 2. The van der Waals surface area contributed by atoms with Crippen LogP contribution in [0.4, 0.5) is 17.6 Å². The number of para-hydroxylation sites is 1. The monoisotopic (exact) mass is 399 g/mol. The second-order valence-electron chi connectivity index (χ2n) is 7.54. The highest BCUT2D eigenvalue weighted by Gasteiger charge is 2.38. The van der Waals surface area contributed by atoms with Crippen LogP contribution in [0.3, 0.4) is 0 Å². The number of likely N-dealkylation sites (N-methyl/N-ethyl adjacent to an activating group) is 1. The van der Waals surface area contributed by atoms with E-state index in [9.17, 15) is 22.4 Å². The molecule has 0 radical (unpaired) electrons. The molecule has 1 aromatic carbocycles. The fourth-order valence-electron chi connectivity index (χ4n) is 4.29. The van der Waals surface area contributed by atoms with Gasteiger partial charge in [0.1, 0.15) is 12.1 Å². The van der Waals surface area contributed by atoms with Crippen LogP contribution in [0.15, 0.2) is 24.3 Å². The van der Waals surface area contributed by atoms with E-state index in [2.05, 4.69) is 10.2 Å². The second-order valence-corrected chi connectivity index (χ2v) is 7.54. The first-order chi connectivity index (χ1) is 13.2. The third-order valence-electron chi connectivity index (χ3n) is 5.69. The summed E-state index contributed by atoms with van der Waals surface area (Å²) in [6.07, 6.45) is -3.29. The fraction of sp³-hybridized carbons (Fsp3) is 0.526. The number of amides is 1. The molecule has 5 nitrogen and oxygen atoms in total. The Hall–Kier alpha value is -2.13. The Morgan fingerprint density at radius 2 is 1.86 bits per heavy atom. The van der Waals surface area contributed by atoms with Gasteiger partial charge in [-0.25, -0.2) is 0 Å². The lowest BCUT2D eigenvalue weighted by atomic mass is 9.90. The predicted octanol–water partition coefficient (Wildman–Crippen LogP) is 2.93. The van der Waals surface area contributed by atoms with Gasteiger partial charge in [-0.15, -0.1) is 0 Å². The van der Waals surface area contributed by atoms with Crippen molar-refractivity contribution in [2.45, 2.75) is 43.7 Å². The topological polar surface area (TPSA) is 46.5 Å². The number of nitrogens with one attached hydrogen (secondary N) is 1. The van der Waals surface area contributed by atoms with Crippen LogP contribution in [0, 0.1) is 5.95 Å². The molecule has 1 amide bonds. The summed E-state index contributed by atoms with van der Waals surface area (Å²) < 4.78 is 59.6. The molecule has 1 aromatic heterocycles. The zero-order valence-electron chi connectivity index (χ0n) is 15.3. The molecule has 2 unspecified atom stereocenters. The normalized spacial score (nSPS) is 25.8. The maximum Gasteiger partial charge on any atom is 0.406 e. The first-order valence-electron chi connectivity index (χ1n) is 9.18. The molecule has 28 heavy (non-hydrogen) atoms. The van der Waals surface area contributed by atoms with Crippen molar-refractivity contribution in [2.75, 3.05) is 20.3 Å². The highest BCUT2D eigenvalue weighted by Crippen LogP contribution is 2.30. The average molecular weight is 399 g/mol. The number of rotatable bonds is 3. The number of carbonyl (C=O) groups excluding carboxylic acids is 1. The summed E-state index contributed by atoms with van der Waals surface area (Å²) >= 11 is 0. The number of benzene rings is 1. The van der Waals surface area contributed by atoms with Gasteiger partial charge < -0.3 is 14.6 Å². The molecule has 0 spiro atoms. The van der Waals surface area contributed by atoms with Gasteiger partial charge in [0.15, 0.2) is 0 Å². The van der Waals surface area contributed by atoms with Crippen molar-refractivity contribution in [3.05, 3.63) is 35.8 Å². The predicted molar refractivity (Wildman–Crippen MR) is 94.6 cm³/mol. The molecule has 0 aliphatic carbocycles. The summed E-state index contributed by atoms with van der Waals surface area (Å²) in [5, 5.41) is 3.02. The van der Waals surface area contributed by atoms with Crippen molar-refractivity contribution in [3.8, 4) is 0 Å². The van der Waals surface area contributed by atoms with Gasteiger partial charge in [-0.2, -0.15) is 17.6 Å². The molecule has 0 saturated carbocycles. The molecule has 2 atom stereocenters. The number of aromatic nitrogens is 1. The van der Waals surface area contributed by atoms with Crippen LogP contribution in [0.25, 0.3) is 10.9 Å². The quantitative estimate of drug-likeness (QED) is 0.808. The lowest BCUT2D eigenvalue weighted by Gasteiger charge is -2.46. The first-order valence-corrected chi connectivity index (χ1v) is 9.18. The lowest BCUT2D eigenvalue weighted by Crippen LogP contribution is -2.59. The lowest BCUT2D eigenvalue weighted by molar-refractivity contribution is -0.141. The number of halogens is 4. The van der Waals surface area contributed by atoms with Crippen LogP contribution in [0.5, 0.6) is 0 Å². The maximum atomic E-state index is 14.9. The van der Waals surface area contributed by atoms with E-state index in [1.807, 2.05) is 7.05 Å². The molecule has 2 saturated heterocycles. The first kappa shape index (κ1) is 19.2. The highest BCUT2D eigenvalue weighted by atomic mass is 19.4. The third-order valence-corrected chi connectivity index (χ3v) is 5.69. The van der Waals surface area contributed by atoms with Gasteiger partial charge in [0.05, 0.1) is 18.7 Å². The second kappa shape index (κ2) is 7.04. The van der Waals surface area contributed by atoms with Crippen LogP contribution in [0.1, 0.15) is 23.2 Å². The zero-order chi connectivity index (χ0) is 20.1. The summed E-state index contributed by atoms with van der Waals surface area (Å²) in [6, 6.07) is 6.10. The number of alkyl halides is 3. The van der Waals surface area contributed by atoms with Crippen molar-refractivity contribution in [3.63, 3.8) is 0 Å². The number of carbonyl (C=O) groups is 1. The molecular formula is C19H21F4N3O2. The molecular weight excluding hydrogens is 378 g/mol. The Bertz CT molecular complexity index is 881. The number of hydrogen-bond donors (Lipinski definition) is 1. The van der Waals surface area contributed by atoms with Crippen molar-refractivity contribution < 1.29 is 27.1 Å². The van der Waals surface area contributed by atoms with E-state index in [1.54, 1.807) is 6.07 Å². The van der Waals surface area contributed by atoms with Crippen LogP contribution in [-0.4, -0.2) is 59.9 Å². The molecule has 2 aliphatic heterocycles. The standard InChI is InChI=1S/C19H21F4N3O2/c1-25-12-6-11(7-13(25)9-28-8-12)24-18(27)16-14-4-2-3-5-15(14)26(17(16)20)10-19(21,22)23/h2-5,11-13H,6-10H2,1H3,(H,24,27). The summed E-state index contributed by atoms with van der Waals surface area (Å²) in [7, 11) is 2.01. The molecule has 2 aromatic rings. The fourth-order valence-corrected chi connectivity index (χ4v) is 4.29.